The first kappa shape index (κ1) is 12.9. The first-order valence-corrected chi connectivity index (χ1v) is 7.32. The second-order valence-electron chi connectivity index (χ2n) is 6.64. The molecule has 1 saturated carbocycles. The van der Waals surface area contributed by atoms with Crippen LogP contribution in [0.2, 0.25) is 0 Å². The summed E-state index contributed by atoms with van der Waals surface area (Å²) >= 11 is 0. The van der Waals surface area contributed by atoms with Crippen molar-refractivity contribution in [2.75, 3.05) is 13.1 Å². The van der Waals surface area contributed by atoms with Crippen LogP contribution in [-0.2, 0) is 4.79 Å². The van der Waals surface area contributed by atoms with Crippen molar-refractivity contribution in [3.05, 3.63) is 0 Å². The van der Waals surface area contributed by atoms with Crippen LogP contribution >= 0.6 is 0 Å². The normalized spacial score (nSPS) is 24.1. The van der Waals surface area contributed by atoms with E-state index in [-0.39, 0.29) is 0 Å². The van der Waals surface area contributed by atoms with Crippen molar-refractivity contribution in [3.8, 4) is 0 Å². The van der Waals surface area contributed by atoms with Crippen LogP contribution in [0.3, 0.4) is 0 Å². The lowest BCUT2D eigenvalue weighted by molar-refractivity contribution is -0.135. The van der Waals surface area contributed by atoms with Crippen LogP contribution in [0.25, 0.3) is 0 Å². The predicted molar refractivity (Wildman–Crippen MR) is 70.7 cm³/mol. The highest BCUT2D eigenvalue weighted by Gasteiger charge is 2.45. The zero-order valence-corrected chi connectivity index (χ0v) is 11.7. The average molecular weight is 237 g/mol. The summed E-state index contributed by atoms with van der Waals surface area (Å²) in [5.41, 5.74) is 0.629. The van der Waals surface area contributed by atoms with Gasteiger partial charge in [-0.25, -0.2) is 0 Å². The zero-order chi connectivity index (χ0) is 12.5. The molecular weight excluding hydrogens is 210 g/mol. The number of rotatable bonds is 3. The molecule has 0 atom stereocenters. The summed E-state index contributed by atoms with van der Waals surface area (Å²) in [6.07, 6.45) is 7.45. The Hall–Kier alpha value is -0.530. The topological polar surface area (TPSA) is 20.3 Å². The Morgan fingerprint density at radius 3 is 2.35 bits per heavy atom. The van der Waals surface area contributed by atoms with Crippen molar-refractivity contribution in [1.82, 2.24) is 4.90 Å². The molecule has 1 spiro atoms. The molecule has 1 heterocycles. The molecule has 1 amide bonds. The van der Waals surface area contributed by atoms with Crippen molar-refractivity contribution >= 4 is 5.91 Å². The largest absolute Gasteiger partial charge is 0.343 e. The average Bonchev–Trinajstić information content (AvgIpc) is 2.26. The Kier molecular flexibility index (Phi) is 3.79. The third-order valence-electron chi connectivity index (χ3n) is 4.73. The Morgan fingerprint density at radius 2 is 1.88 bits per heavy atom. The van der Waals surface area contributed by atoms with E-state index in [1.165, 1.54) is 32.1 Å². The van der Waals surface area contributed by atoms with E-state index in [9.17, 15) is 4.79 Å². The number of carbonyl (C=O) groups is 1. The summed E-state index contributed by atoms with van der Waals surface area (Å²) in [7, 11) is 0. The van der Waals surface area contributed by atoms with Gasteiger partial charge in [-0.15, -0.1) is 0 Å². The summed E-state index contributed by atoms with van der Waals surface area (Å²) < 4.78 is 0. The summed E-state index contributed by atoms with van der Waals surface area (Å²) in [6, 6.07) is 0. The minimum Gasteiger partial charge on any atom is -0.343 e. The quantitative estimate of drug-likeness (QED) is 0.736. The SMILES string of the molecule is CCC(=O)N1CCC2(CC1)CC(CC(C)C)C2. The lowest BCUT2D eigenvalue weighted by Gasteiger charge is -2.53. The fourth-order valence-electron chi connectivity index (χ4n) is 3.86. The van der Waals surface area contributed by atoms with Gasteiger partial charge in [0.25, 0.3) is 0 Å². The highest BCUT2D eigenvalue weighted by molar-refractivity contribution is 5.75. The smallest absolute Gasteiger partial charge is 0.222 e. The Labute approximate surface area is 106 Å². The number of likely N-dealkylation sites (tertiary alicyclic amines) is 1. The minimum absolute atomic E-state index is 0.345. The maximum atomic E-state index is 11.6. The van der Waals surface area contributed by atoms with E-state index in [0.717, 1.165) is 24.9 Å². The molecule has 2 fully saturated rings. The molecule has 17 heavy (non-hydrogen) atoms. The van der Waals surface area contributed by atoms with Crippen molar-refractivity contribution in [3.63, 3.8) is 0 Å². The molecule has 0 aromatic carbocycles. The highest BCUT2D eigenvalue weighted by atomic mass is 16.2. The summed E-state index contributed by atoms with van der Waals surface area (Å²) in [5.74, 6) is 2.17. The molecule has 1 aliphatic carbocycles. The molecule has 0 radical (unpaired) electrons. The molecule has 0 aromatic rings. The van der Waals surface area contributed by atoms with Crippen molar-refractivity contribution in [2.45, 2.75) is 59.3 Å². The Balaban J connectivity index is 1.75. The molecule has 2 heteroatoms. The van der Waals surface area contributed by atoms with Gasteiger partial charge in [-0.1, -0.05) is 20.8 Å². The zero-order valence-electron chi connectivity index (χ0n) is 11.7. The van der Waals surface area contributed by atoms with Gasteiger partial charge in [-0.2, -0.15) is 0 Å². The number of carbonyl (C=O) groups excluding carboxylic acids is 1. The molecular formula is C15H27NO. The fourth-order valence-corrected chi connectivity index (χ4v) is 3.86. The van der Waals surface area contributed by atoms with E-state index >= 15 is 0 Å². The minimum atomic E-state index is 0.345. The van der Waals surface area contributed by atoms with Gasteiger partial charge in [0, 0.05) is 19.5 Å². The standard InChI is InChI=1S/C15H27NO/c1-4-14(17)16-7-5-15(6-8-16)10-13(11-15)9-12(2)3/h12-13H,4-11H2,1-3H3. The molecule has 1 saturated heterocycles. The van der Waals surface area contributed by atoms with Crippen LogP contribution in [0.4, 0.5) is 0 Å². The van der Waals surface area contributed by atoms with Gasteiger partial charge in [0.15, 0.2) is 0 Å². The molecule has 2 nitrogen and oxygen atoms in total. The van der Waals surface area contributed by atoms with E-state index in [4.69, 9.17) is 0 Å². The maximum absolute atomic E-state index is 11.6. The summed E-state index contributed by atoms with van der Waals surface area (Å²) in [4.78, 5) is 13.7. The monoisotopic (exact) mass is 237 g/mol. The van der Waals surface area contributed by atoms with Crippen molar-refractivity contribution in [1.29, 1.82) is 0 Å². The van der Waals surface area contributed by atoms with Gasteiger partial charge >= 0.3 is 0 Å². The second kappa shape index (κ2) is 4.99. The molecule has 98 valence electrons. The van der Waals surface area contributed by atoms with Crippen LogP contribution in [0.15, 0.2) is 0 Å². The lowest BCUT2D eigenvalue weighted by atomic mass is 9.56. The lowest BCUT2D eigenvalue weighted by Crippen LogP contribution is -2.48. The van der Waals surface area contributed by atoms with Crippen LogP contribution in [-0.4, -0.2) is 23.9 Å². The molecule has 0 bridgehead atoms. The number of nitrogens with zero attached hydrogens (tertiary/aromatic N) is 1. The van der Waals surface area contributed by atoms with Gasteiger partial charge in [-0.05, 0) is 49.4 Å². The highest BCUT2D eigenvalue weighted by Crippen LogP contribution is 2.54. The van der Waals surface area contributed by atoms with Crippen LogP contribution in [0.1, 0.15) is 59.3 Å². The number of piperidine rings is 1. The van der Waals surface area contributed by atoms with Crippen LogP contribution in [0.5, 0.6) is 0 Å². The van der Waals surface area contributed by atoms with Crippen molar-refractivity contribution in [2.24, 2.45) is 17.3 Å². The first-order valence-electron chi connectivity index (χ1n) is 7.32. The maximum Gasteiger partial charge on any atom is 0.222 e. The second-order valence-corrected chi connectivity index (χ2v) is 6.64. The molecule has 0 aromatic heterocycles. The van der Waals surface area contributed by atoms with Gasteiger partial charge in [0.05, 0.1) is 0 Å². The number of amides is 1. The third kappa shape index (κ3) is 2.83. The molecule has 0 N–H and O–H groups in total. The summed E-state index contributed by atoms with van der Waals surface area (Å²) in [6.45, 7) is 8.65. The third-order valence-corrected chi connectivity index (χ3v) is 4.73. The molecule has 1 aliphatic heterocycles. The van der Waals surface area contributed by atoms with Gasteiger partial charge in [0.1, 0.15) is 0 Å². The Morgan fingerprint density at radius 1 is 1.29 bits per heavy atom. The Bertz CT molecular complexity index is 269. The van der Waals surface area contributed by atoms with Gasteiger partial charge < -0.3 is 4.90 Å². The fraction of sp³-hybridized carbons (Fsp3) is 0.933. The van der Waals surface area contributed by atoms with Gasteiger partial charge in [-0.3, -0.25) is 4.79 Å². The predicted octanol–water partition coefficient (Wildman–Crippen LogP) is 3.46. The van der Waals surface area contributed by atoms with E-state index in [0.29, 0.717) is 17.7 Å². The molecule has 2 rings (SSSR count). The molecule has 2 aliphatic rings. The van der Waals surface area contributed by atoms with Crippen molar-refractivity contribution < 1.29 is 4.79 Å². The van der Waals surface area contributed by atoms with Crippen LogP contribution in [0, 0.1) is 17.3 Å². The summed E-state index contributed by atoms with van der Waals surface area (Å²) in [5, 5.41) is 0. The van der Waals surface area contributed by atoms with E-state index in [1.54, 1.807) is 0 Å². The number of hydrogen-bond acceptors (Lipinski definition) is 1. The van der Waals surface area contributed by atoms with E-state index < -0.39 is 0 Å². The van der Waals surface area contributed by atoms with Crippen LogP contribution < -0.4 is 0 Å². The van der Waals surface area contributed by atoms with E-state index in [1.807, 2.05) is 6.92 Å². The number of hydrogen-bond donors (Lipinski definition) is 0. The first-order chi connectivity index (χ1) is 8.04. The molecule has 0 unspecified atom stereocenters. The van der Waals surface area contributed by atoms with E-state index in [2.05, 4.69) is 18.7 Å². The van der Waals surface area contributed by atoms with Gasteiger partial charge in [0.2, 0.25) is 5.91 Å².